The average molecular weight is 1260 g/mol. The van der Waals surface area contributed by atoms with Gasteiger partial charge in [0.15, 0.2) is 0 Å². The Morgan fingerprint density at radius 2 is 1.06 bits per heavy atom. The van der Waals surface area contributed by atoms with Gasteiger partial charge in [0, 0.05) is 86.7 Å². The molecular weight excluding hydrogens is 1170 g/mol. The number of pyridine rings is 2. The van der Waals surface area contributed by atoms with E-state index in [0.29, 0.717) is 17.7 Å². The summed E-state index contributed by atoms with van der Waals surface area (Å²) < 4.78 is 21.1. The lowest BCUT2D eigenvalue weighted by Crippen LogP contribution is -2.46. The molecule has 0 saturated carbocycles. The second-order valence-electron chi connectivity index (χ2n) is 21.0. The first-order chi connectivity index (χ1) is 42.4. The van der Waals surface area contributed by atoms with Crippen molar-refractivity contribution in [2.24, 2.45) is 5.73 Å². The number of halogens is 1. The van der Waals surface area contributed by atoms with Crippen molar-refractivity contribution in [2.45, 2.75) is 130 Å². The number of carbonyl (C=O) groups is 4. The molecule has 8 heterocycles. The molecule has 23 heteroatoms. The van der Waals surface area contributed by atoms with E-state index in [0.717, 1.165) is 140 Å². The molecule has 2 atom stereocenters. The lowest BCUT2D eigenvalue weighted by atomic mass is 9.92. The molecule has 2 amide bonds. The van der Waals surface area contributed by atoms with Crippen LogP contribution >= 0.6 is 15.9 Å². The molecule has 0 bridgehead atoms. The van der Waals surface area contributed by atoms with Gasteiger partial charge in [0.2, 0.25) is 0 Å². The van der Waals surface area contributed by atoms with Crippen LogP contribution in [-0.2, 0) is 54.6 Å². The van der Waals surface area contributed by atoms with Crippen LogP contribution in [0.2, 0.25) is 0 Å². The molecule has 4 aliphatic heterocycles. The topological polar surface area (TPSA) is 275 Å². The number of piperidine rings is 2. The van der Waals surface area contributed by atoms with Gasteiger partial charge in [-0.15, -0.1) is 0 Å². The minimum absolute atomic E-state index is 0.0424. The predicted molar refractivity (Wildman–Crippen MR) is 341 cm³/mol. The highest BCUT2D eigenvalue weighted by molar-refractivity contribution is 9.10. The molecule has 2 aromatic carbocycles. The quantitative estimate of drug-likeness (QED) is 0.0265. The second-order valence-corrected chi connectivity index (χ2v) is 21.7. The minimum Gasteiger partial charge on any atom is -0.464 e. The fourth-order valence-corrected chi connectivity index (χ4v) is 10.8. The first-order valence-corrected chi connectivity index (χ1v) is 31.2. The summed E-state index contributed by atoms with van der Waals surface area (Å²) >= 11 is 3.50. The van der Waals surface area contributed by atoms with Crippen molar-refractivity contribution in [1.82, 2.24) is 40.5 Å². The third-order valence-electron chi connectivity index (χ3n) is 15.2. The van der Waals surface area contributed by atoms with Crippen molar-refractivity contribution >= 4 is 69.1 Å². The molecule has 0 unspecified atom stereocenters. The van der Waals surface area contributed by atoms with Crippen LogP contribution in [0.1, 0.15) is 123 Å². The number of hydrogen-bond acceptors (Lipinski definition) is 20. The lowest BCUT2D eigenvalue weighted by Gasteiger charge is -2.34. The van der Waals surface area contributed by atoms with Gasteiger partial charge in [-0.1, -0.05) is 86.6 Å². The maximum atomic E-state index is 12.6. The van der Waals surface area contributed by atoms with Crippen molar-refractivity contribution in [2.75, 3.05) is 91.3 Å². The largest absolute Gasteiger partial charge is 0.464 e. The Kier molecular flexibility index (Phi) is 26.6. The van der Waals surface area contributed by atoms with E-state index in [1.165, 1.54) is 29.6 Å². The highest BCUT2D eigenvalue weighted by Gasteiger charge is 2.29. The van der Waals surface area contributed by atoms with Gasteiger partial charge in [-0.25, -0.2) is 49.1 Å². The van der Waals surface area contributed by atoms with Crippen LogP contribution in [0.3, 0.4) is 0 Å². The maximum Gasteiger partial charge on any atom is 0.408 e. The summed E-state index contributed by atoms with van der Waals surface area (Å²) in [5.74, 6) is 4.49. The standard InChI is InChI=1S/C31H39N7O4.C18H22BrN5.C13H18N2O4.C2H6/c1-3-41-30(39)26(37-31(40)42-19-22-8-5-4-6-9-22)18-33-27-21(2)29(35-20-34-27)38-16-13-23(14-17-38)25-12-11-24-10-7-15-32-28(24)36-25;1-12-16(19)21-11-22-18(12)24-9-6-13(7-10-24)15-5-4-14-3-2-8-20-17(14)23-15;1-2-18-12(16)11(8-14)15-13(17)19-9-10-6-4-3-5-7-10;1-2/h4-6,8-9,11-12,20,23,26H,3,7,10,13-19H2,1-2H3,(H,32,36)(H,37,40)(H,33,34,35);4-5,11,13H,2-3,6-10H2,1H3,(H,20,23);3-7,11H,2,8-9,14H2,1H3,(H,15,17);1-2H3/t26-;;11-;/m0.0./s1. The number of carbonyl (C=O) groups excluding carboxylic acids is 4. The summed E-state index contributed by atoms with van der Waals surface area (Å²) in [6.45, 7) is 17.9. The Bertz CT molecular complexity index is 3130. The zero-order chi connectivity index (χ0) is 61.9. The van der Waals surface area contributed by atoms with Crippen molar-refractivity contribution < 1.29 is 38.1 Å². The Morgan fingerprint density at radius 3 is 1.53 bits per heavy atom. The number of anilines is 5. The van der Waals surface area contributed by atoms with Gasteiger partial charge in [-0.2, -0.15) is 0 Å². The smallest absolute Gasteiger partial charge is 0.408 e. The molecule has 2 fully saturated rings. The van der Waals surface area contributed by atoms with Gasteiger partial charge in [-0.3, -0.25) is 0 Å². The van der Waals surface area contributed by atoms with E-state index in [9.17, 15) is 19.2 Å². The number of fused-ring (bicyclic) bond motifs is 2. The molecule has 0 radical (unpaired) electrons. The number of esters is 2. The summed E-state index contributed by atoms with van der Waals surface area (Å²) in [4.78, 5) is 80.1. The predicted octanol–water partition coefficient (Wildman–Crippen LogP) is 9.71. The van der Waals surface area contributed by atoms with E-state index in [-0.39, 0.29) is 39.5 Å². The summed E-state index contributed by atoms with van der Waals surface area (Å²) in [6.07, 6.45) is 10.6. The molecule has 87 heavy (non-hydrogen) atoms. The Labute approximate surface area is 519 Å². The fraction of sp³-hybridized carbons (Fsp3) is 0.469. The van der Waals surface area contributed by atoms with Gasteiger partial charge >= 0.3 is 24.1 Å². The van der Waals surface area contributed by atoms with E-state index in [2.05, 4.69) is 103 Å². The molecule has 0 spiro atoms. The molecule has 466 valence electrons. The van der Waals surface area contributed by atoms with Crippen LogP contribution in [0, 0.1) is 13.8 Å². The van der Waals surface area contributed by atoms with E-state index in [1.54, 1.807) is 20.2 Å². The number of nitrogens with two attached hydrogens (primary N) is 1. The molecule has 7 N–H and O–H groups in total. The molecular formula is C64H85BrN14O8. The zero-order valence-corrected chi connectivity index (χ0v) is 52.6. The summed E-state index contributed by atoms with van der Waals surface area (Å²) in [5.41, 5.74) is 14.2. The maximum absolute atomic E-state index is 12.6. The van der Waals surface area contributed by atoms with Crippen molar-refractivity contribution in [3.8, 4) is 0 Å². The SMILES string of the molecule is CC.CCOC(=O)[C@H](CN)NC(=O)OCc1ccccc1.CCOC(=O)[C@H](CNc1ncnc(N2CCC(c3ccc4c(n3)NCCC4)CC2)c1C)NC(=O)OCc1ccccc1.Cc1c(Br)ncnc1N1CCC(c2ccc3c(n2)NCCC3)CC1. The Balaban J connectivity index is 0.000000203. The molecule has 2 saturated heterocycles. The lowest BCUT2D eigenvalue weighted by molar-refractivity contribution is -0.146. The number of ether oxygens (including phenoxy) is 4. The number of nitrogens with zero attached hydrogens (tertiary/aromatic N) is 8. The molecule has 10 rings (SSSR count). The van der Waals surface area contributed by atoms with E-state index < -0.39 is 36.2 Å². The van der Waals surface area contributed by atoms with Crippen molar-refractivity contribution in [3.05, 3.63) is 147 Å². The van der Waals surface area contributed by atoms with Gasteiger partial charge in [0.05, 0.1) is 13.2 Å². The zero-order valence-electron chi connectivity index (χ0n) is 51.0. The van der Waals surface area contributed by atoms with Crippen LogP contribution in [0.15, 0.2) is 102 Å². The van der Waals surface area contributed by atoms with Gasteiger partial charge in [-0.05, 0) is 129 Å². The summed E-state index contributed by atoms with van der Waals surface area (Å²) in [7, 11) is 0. The third kappa shape index (κ3) is 19.7. The number of hydrogen-bond donors (Lipinski definition) is 6. The van der Waals surface area contributed by atoms with Crippen LogP contribution in [0.25, 0.3) is 0 Å². The second kappa shape index (κ2) is 34.8. The first-order valence-electron chi connectivity index (χ1n) is 30.4. The van der Waals surface area contributed by atoms with Crippen LogP contribution in [0.4, 0.5) is 38.7 Å². The Hall–Kier alpha value is -8.18. The number of amides is 2. The number of aryl methyl sites for hydroxylation is 2. The number of nitrogens with one attached hydrogen (secondary N) is 5. The number of alkyl carbamates (subject to hydrolysis) is 2. The number of aromatic nitrogens is 6. The van der Waals surface area contributed by atoms with E-state index in [1.807, 2.05) is 81.4 Å². The van der Waals surface area contributed by atoms with Crippen LogP contribution in [0.5, 0.6) is 0 Å². The molecule has 4 aliphatic rings. The van der Waals surface area contributed by atoms with Crippen molar-refractivity contribution in [3.63, 3.8) is 0 Å². The molecule has 4 aromatic heterocycles. The molecule has 6 aromatic rings. The van der Waals surface area contributed by atoms with Crippen molar-refractivity contribution in [1.29, 1.82) is 0 Å². The number of rotatable bonds is 18. The highest BCUT2D eigenvalue weighted by atomic mass is 79.9. The van der Waals surface area contributed by atoms with E-state index in [4.69, 9.17) is 34.6 Å². The van der Waals surface area contributed by atoms with Gasteiger partial charge in [0.1, 0.15) is 71.6 Å². The highest BCUT2D eigenvalue weighted by Crippen LogP contribution is 2.35. The summed E-state index contributed by atoms with van der Waals surface area (Å²) in [5, 5.41) is 15.1. The van der Waals surface area contributed by atoms with Crippen LogP contribution in [-0.4, -0.2) is 132 Å². The summed E-state index contributed by atoms with van der Waals surface area (Å²) in [6, 6.07) is 25.6. The monoisotopic (exact) mass is 1260 g/mol. The van der Waals surface area contributed by atoms with Gasteiger partial charge in [0.25, 0.3) is 0 Å². The third-order valence-corrected chi connectivity index (χ3v) is 16.0. The Morgan fingerprint density at radius 1 is 0.609 bits per heavy atom. The van der Waals surface area contributed by atoms with E-state index >= 15 is 0 Å². The molecule has 22 nitrogen and oxygen atoms in total. The first kappa shape index (κ1) is 66.3. The minimum atomic E-state index is -0.958. The van der Waals surface area contributed by atoms with Gasteiger partial charge < -0.3 is 61.1 Å². The normalized spacial score (nSPS) is 15.1. The average Bonchev–Trinajstić information content (AvgIpc) is 2.83. The molecule has 0 aliphatic carbocycles. The van der Waals surface area contributed by atoms with Crippen LogP contribution < -0.4 is 42.1 Å². The fourth-order valence-electron chi connectivity index (χ4n) is 10.5. The number of benzene rings is 2.